The number of para-hydroxylation sites is 1. The number of aryl methyl sites for hydroxylation is 3. The number of fused-ring (bicyclic) bond motifs is 1. The summed E-state index contributed by atoms with van der Waals surface area (Å²) in [6, 6.07) is 7.50. The summed E-state index contributed by atoms with van der Waals surface area (Å²) in [4.78, 5) is 31.0. The largest absolute Gasteiger partial charge is 0.321 e. The van der Waals surface area contributed by atoms with Gasteiger partial charge in [0.05, 0.1) is 16.8 Å². The zero-order valence-corrected chi connectivity index (χ0v) is 15.7. The van der Waals surface area contributed by atoms with Gasteiger partial charge in [-0.3, -0.25) is 14.2 Å². The molecule has 0 aliphatic rings. The molecule has 3 rings (SSSR count). The normalized spacial score (nSPS) is 11.1. The molecule has 2 aromatic heterocycles. The molecule has 1 aromatic carbocycles. The van der Waals surface area contributed by atoms with Crippen molar-refractivity contribution < 1.29 is 9.18 Å². The molecule has 0 bridgehead atoms. The highest BCUT2D eigenvalue weighted by Gasteiger charge is 2.21. The third-order valence-electron chi connectivity index (χ3n) is 4.35. The first-order valence-corrected chi connectivity index (χ1v) is 9.25. The van der Waals surface area contributed by atoms with Gasteiger partial charge in [-0.05, 0) is 31.0 Å². The number of benzene rings is 1. The molecule has 2 heterocycles. The lowest BCUT2D eigenvalue weighted by atomic mass is 10.1. The molecular formula is C19H20FN3O2S. The predicted molar refractivity (Wildman–Crippen MR) is 103 cm³/mol. The maximum Gasteiger partial charge on any atom is 0.266 e. The van der Waals surface area contributed by atoms with Gasteiger partial charge in [0, 0.05) is 12.1 Å². The number of hydrogen-bond donors (Lipinski definition) is 1. The molecule has 26 heavy (non-hydrogen) atoms. The van der Waals surface area contributed by atoms with Crippen molar-refractivity contribution in [1.29, 1.82) is 0 Å². The lowest BCUT2D eigenvalue weighted by Gasteiger charge is -2.09. The molecule has 1 N–H and O–H groups in total. The lowest BCUT2D eigenvalue weighted by Crippen LogP contribution is -2.26. The minimum Gasteiger partial charge on any atom is -0.321 e. The summed E-state index contributed by atoms with van der Waals surface area (Å²) in [6.45, 7) is 4.86. The van der Waals surface area contributed by atoms with Crippen molar-refractivity contribution in [2.24, 2.45) is 0 Å². The van der Waals surface area contributed by atoms with E-state index in [1.807, 2.05) is 38.1 Å². The second-order valence-corrected chi connectivity index (χ2v) is 7.03. The Bertz CT molecular complexity index is 1040. The number of carbonyl (C=O) groups excluding carboxylic acids is 1. The Morgan fingerprint density at radius 1 is 1.31 bits per heavy atom. The van der Waals surface area contributed by atoms with Crippen LogP contribution in [-0.4, -0.2) is 22.1 Å². The molecule has 0 aliphatic heterocycles. The van der Waals surface area contributed by atoms with E-state index in [1.54, 1.807) is 6.92 Å². The minimum atomic E-state index is -0.635. The van der Waals surface area contributed by atoms with Crippen LogP contribution in [0.2, 0.25) is 0 Å². The fourth-order valence-corrected chi connectivity index (χ4v) is 4.04. The quantitative estimate of drug-likeness (QED) is 0.739. The Balaban J connectivity index is 2.09. The van der Waals surface area contributed by atoms with Gasteiger partial charge in [-0.1, -0.05) is 25.1 Å². The van der Waals surface area contributed by atoms with E-state index in [1.165, 1.54) is 15.9 Å². The zero-order valence-electron chi connectivity index (χ0n) is 14.9. The average molecular weight is 373 g/mol. The smallest absolute Gasteiger partial charge is 0.266 e. The fraction of sp³-hybridized carbons (Fsp3) is 0.316. The van der Waals surface area contributed by atoms with Gasteiger partial charge in [0.25, 0.3) is 11.5 Å². The van der Waals surface area contributed by atoms with Crippen molar-refractivity contribution in [2.45, 2.75) is 33.7 Å². The second kappa shape index (κ2) is 7.37. The molecular weight excluding hydrogens is 353 g/mol. The summed E-state index contributed by atoms with van der Waals surface area (Å²) >= 11 is 1.20. The highest BCUT2D eigenvalue weighted by molar-refractivity contribution is 7.20. The Morgan fingerprint density at radius 2 is 2.04 bits per heavy atom. The van der Waals surface area contributed by atoms with Crippen LogP contribution >= 0.6 is 11.3 Å². The first-order valence-electron chi connectivity index (χ1n) is 8.43. The van der Waals surface area contributed by atoms with Gasteiger partial charge in [-0.2, -0.15) is 0 Å². The Labute approximate surface area is 154 Å². The number of thiophene rings is 1. The van der Waals surface area contributed by atoms with E-state index in [0.29, 0.717) is 32.9 Å². The summed E-state index contributed by atoms with van der Waals surface area (Å²) in [6.07, 6.45) is 0.521. The van der Waals surface area contributed by atoms with E-state index in [9.17, 15) is 14.0 Å². The molecule has 0 atom stereocenters. The molecule has 7 heteroatoms. The Hall–Kier alpha value is -2.54. The lowest BCUT2D eigenvalue weighted by molar-refractivity contribution is 0.103. The standard InChI is InChI=1S/C19H20FN3O2S/c1-4-14-22-18-15(19(25)23(14)10-9-20)12(3)16(26-18)17(24)21-13-8-6-5-7-11(13)2/h5-8H,4,9-10H2,1-3H3,(H,21,24). The Kier molecular flexibility index (Phi) is 5.18. The summed E-state index contributed by atoms with van der Waals surface area (Å²) in [5, 5.41) is 3.29. The number of aromatic nitrogens is 2. The summed E-state index contributed by atoms with van der Waals surface area (Å²) in [5.74, 6) is 0.265. The van der Waals surface area contributed by atoms with Crippen molar-refractivity contribution in [3.05, 3.63) is 56.4 Å². The molecule has 0 radical (unpaired) electrons. The first-order chi connectivity index (χ1) is 12.5. The van der Waals surface area contributed by atoms with E-state index >= 15 is 0 Å². The topological polar surface area (TPSA) is 64.0 Å². The number of alkyl halides is 1. The third kappa shape index (κ3) is 3.14. The predicted octanol–water partition coefficient (Wildman–Crippen LogP) is 3.86. The SMILES string of the molecule is CCc1nc2sc(C(=O)Nc3ccccc3C)c(C)c2c(=O)n1CCF. The van der Waals surface area contributed by atoms with Crippen LogP contribution in [0.5, 0.6) is 0 Å². The number of hydrogen-bond acceptors (Lipinski definition) is 4. The van der Waals surface area contributed by atoms with E-state index < -0.39 is 6.67 Å². The molecule has 0 aliphatic carbocycles. The van der Waals surface area contributed by atoms with Crippen LogP contribution in [0.3, 0.4) is 0 Å². The highest BCUT2D eigenvalue weighted by Crippen LogP contribution is 2.28. The third-order valence-corrected chi connectivity index (χ3v) is 5.54. The number of nitrogens with zero attached hydrogens (tertiary/aromatic N) is 2. The average Bonchev–Trinajstić information content (AvgIpc) is 2.96. The molecule has 1 amide bonds. The van der Waals surface area contributed by atoms with Crippen molar-refractivity contribution in [1.82, 2.24) is 9.55 Å². The van der Waals surface area contributed by atoms with Gasteiger partial charge >= 0.3 is 0 Å². The summed E-state index contributed by atoms with van der Waals surface area (Å²) < 4.78 is 14.2. The number of halogens is 1. The van der Waals surface area contributed by atoms with E-state index in [0.717, 1.165) is 11.3 Å². The van der Waals surface area contributed by atoms with Crippen molar-refractivity contribution in [3.63, 3.8) is 0 Å². The molecule has 0 unspecified atom stereocenters. The number of anilines is 1. The van der Waals surface area contributed by atoms with Crippen LogP contribution in [0.4, 0.5) is 10.1 Å². The zero-order chi connectivity index (χ0) is 18.8. The minimum absolute atomic E-state index is 0.0228. The van der Waals surface area contributed by atoms with Crippen molar-refractivity contribution in [2.75, 3.05) is 12.0 Å². The molecule has 0 fully saturated rings. The van der Waals surface area contributed by atoms with Crippen molar-refractivity contribution >= 4 is 33.1 Å². The van der Waals surface area contributed by atoms with Gasteiger partial charge < -0.3 is 5.32 Å². The second-order valence-electron chi connectivity index (χ2n) is 6.03. The van der Waals surface area contributed by atoms with Crippen LogP contribution in [0.1, 0.15) is 33.5 Å². The first kappa shape index (κ1) is 18.3. The summed E-state index contributed by atoms with van der Waals surface area (Å²) in [7, 11) is 0. The molecule has 136 valence electrons. The van der Waals surface area contributed by atoms with Gasteiger partial charge in [-0.25, -0.2) is 9.37 Å². The van der Waals surface area contributed by atoms with Crippen LogP contribution in [-0.2, 0) is 13.0 Å². The molecule has 5 nitrogen and oxygen atoms in total. The number of rotatable bonds is 5. The molecule has 0 saturated heterocycles. The van der Waals surface area contributed by atoms with Crippen LogP contribution < -0.4 is 10.9 Å². The highest BCUT2D eigenvalue weighted by atomic mass is 32.1. The van der Waals surface area contributed by atoms with Gasteiger partial charge in [0.1, 0.15) is 17.3 Å². The maximum absolute atomic E-state index is 12.8. The van der Waals surface area contributed by atoms with E-state index in [2.05, 4.69) is 10.3 Å². The van der Waals surface area contributed by atoms with Crippen LogP contribution in [0, 0.1) is 13.8 Å². The number of carbonyl (C=O) groups is 1. The van der Waals surface area contributed by atoms with E-state index in [-0.39, 0.29) is 18.0 Å². The number of amides is 1. The van der Waals surface area contributed by atoms with Crippen LogP contribution in [0.15, 0.2) is 29.1 Å². The molecule has 0 spiro atoms. The van der Waals surface area contributed by atoms with Gasteiger partial charge in [0.15, 0.2) is 0 Å². The van der Waals surface area contributed by atoms with Gasteiger partial charge in [0.2, 0.25) is 0 Å². The fourth-order valence-electron chi connectivity index (χ4n) is 2.95. The van der Waals surface area contributed by atoms with E-state index in [4.69, 9.17) is 0 Å². The number of nitrogens with one attached hydrogen (secondary N) is 1. The maximum atomic E-state index is 12.8. The molecule has 3 aromatic rings. The van der Waals surface area contributed by atoms with Crippen molar-refractivity contribution in [3.8, 4) is 0 Å². The molecule has 0 saturated carbocycles. The van der Waals surface area contributed by atoms with Gasteiger partial charge in [-0.15, -0.1) is 11.3 Å². The van der Waals surface area contributed by atoms with Crippen LogP contribution in [0.25, 0.3) is 10.2 Å². The monoisotopic (exact) mass is 373 g/mol. The summed E-state index contributed by atoms with van der Waals surface area (Å²) in [5.41, 5.74) is 1.99. The Morgan fingerprint density at radius 3 is 2.69 bits per heavy atom.